The van der Waals surface area contributed by atoms with Gasteiger partial charge in [0.1, 0.15) is 11.5 Å². The number of hydrogen-bond acceptors (Lipinski definition) is 5. The van der Waals surface area contributed by atoms with Crippen molar-refractivity contribution in [2.45, 2.75) is 18.9 Å². The van der Waals surface area contributed by atoms with Crippen molar-refractivity contribution < 1.29 is 9.59 Å². The van der Waals surface area contributed by atoms with E-state index in [9.17, 15) is 9.59 Å². The van der Waals surface area contributed by atoms with E-state index in [1.165, 1.54) is 0 Å². The fraction of sp³-hybridized carbons (Fsp3) is 0.417. The van der Waals surface area contributed by atoms with Crippen LogP contribution in [0.1, 0.15) is 23.3 Å². The molecule has 1 aromatic heterocycles. The van der Waals surface area contributed by atoms with Crippen LogP contribution in [-0.4, -0.2) is 41.3 Å². The number of carbonyl (C=O) groups is 2. The van der Waals surface area contributed by atoms with E-state index in [-0.39, 0.29) is 28.6 Å². The molecular formula is C12H16ClN5O2. The number of amides is 2. The molecule has 8 heteroatoms. The highest BCUT2D eigenvalue weighted by molar-refractivity contribution is 6.33. The van der Waals surface area contributed by atoms with E-state index in [0.717, 1.165) is 0 Å². The fourth-order valence-corrected chi connectivity index (χ4v) is 2.26. The average molecular weight is 298 g/mol. The van der Waals surface area contributed by atoms with Gasteiger partial charge in [0.25, 0.3) is 5.91 Å². The number of nitrogens with zero attached hydrogens (tertiary/aromatic N) is 2. The molecule has 1 aliphatic rings. The Labute approximate surface area is 121 Å². The zero-order valence-corrected chi connectivity index (χ0v) is 11.8. The maximum absolute atomic E-state index is 12.2. The van der Waals surface area contributed by atoms with Crippen LogP contribution in [0.15, 0.2) is 12.1 Å². The van der Waals surface area contributed by atoms with Crippen LogP contribution in [0.4, 0.5) is 5.82 Å². The number of hydrogen-bond donors (Lipinski definition) is 3. The smallest absolute Gasteiger partial charge is 0.271 e. The number of nitrogens with two attached hydrogens (primary N) is 1. The van der Waals surface area contributed by atoms with E-state index in [1.54, 1.807) is 24.1 Å². The summed E-state index contributed by atoms with van der Waals surface area (Å²) in [7, 11) is 1.71. The van der Waals surface area contributed by atoms with Crippen LogP contribution in [0.5, 0.6) is 0 Å². The van der Waals surface area contributed by atoms with E-state index in [0.29, 0.717) is 25.2 Å². The lowest BCUT2D eigenvalue weighted by Crippen LogP contribution is -2.48. The number of hydrazine groups is 1. The number of carbonyl (C=O) groups excluding carboxylic acids is 2. The Kier molecular flexibility index (Phi) is 4.41. The quantitative estimate of drug-likeness (QED) is 0.553. The third kappa shape index (κ3) is 3.17. The van der Waals surface area contributed by atoms with Crippen molar-refractivity contribution in [1.82, 2.24) is 15.2 Å². The molecule has 1 unspecified atom stereocenters. The Morgan fingerprint density at radius 1 is 1.55 bits per heavy atom. The second-order valence-corrected chi connectivity index (χ2v) is 5.06. The number of piperidine rings is 1. The van der Waals surface area contributed by atoms with Gasteiger partial charge in [0, 0.05) is 26.1 Å². The predicted octanol–water partition coefficient (Wildman–Crippen LogP) is 0.371. The maximum Gasteiger partial charge on any atom is 0.271 e. The number of anilines is 1. The van der Waals surface area contributed by atoms with Crippen molar-refractivity contribution in [1.29, 1.82) is 0 Å². The Morgan fingerprint density at radius 3 is 2.95 bits per heavy atom. The molecule has 0 radical (unpaired) electrons. The van der Waals surface area contributed by atoms with Gasteiger partial charge < -0.3 is 15.6 Å². The molecule has 0 saturated carbocycles. The van der Waals surface area contributed by atoms with Crippen molar-refractivity contribution in [3.63, 3.8) is 0 Å². The predicted molar refractivity (Wildman–Crippen MR) is 75.2 cm³/mol. The van der Waals surface area contributed by atoms with Gasteiger partial charge in [-0.3, -0.25) is 9.59 Å². The largest absolute Gasteiger partial charge is 0.346 e. The van der Waals surface area contributed by atoms with Gasteiger partial charge in [-0.1, -0.05) is 11.6 Å². The first-order chi connectivity index (χ1) is 9.51. The van der Waals surface area contributed by atoms with Gasteiger partial charge in [-0.2, -0.15) is 0 Å². The molecule has 2 rings (SSSR count). The molecular weight excluding hydrogens is 282 g/mol. The number of pyridine rings is 1. The van der Waals surface area contributed by atoms with Crippen molar-refractivity contribution in [2.24, 2.45) is 5.84 Å². The van der Waals surface area contributed by atoms with Crippen molar-refractivity contribution >= 4 is 29.2 Å². The minimum Gasteiger partial charge on any atom is -0.346 e. The van der Waals surface area contributed by atoms with E-state index in [1.807, 2.05) is 0 Å². The zero-order valence-electron chi connectivity index (χ0n) is 11.0. The van der Waals surface area contributed by atoms with Gasteiger partial charge in [-0.15, -0.1) is 0 Å². The van der Waals surface area contributed by atoms with E-state index < -0.39 is 0 Å². The number of nitrogen functional groups attached to an aromatic ring is 1. The molecule has 20 heavy (non-hydrogen) atoms. The van der Waals surface area contributed by atoms with Gasteiger partial charge >= 0.3 is 0 Å². The van der Waals surface area contributed by atoms with E-state index in [4.69, 9.17) is 17.4 Å². The molecule has 1 aromatic rings. The van der Waals surface area contributed by atoms with Crippen LogP contribution in [0.25, 0.3) is 0 Å². The van der Waals surface area contributed by atoms with Crippen LogP contribution in [0.3, 0.4) is 0 Å². The minimum absolute atomic E-state index is 0.0842. The molecule has 0 aliphatic carbocycles. The molecule has 2 heterocycles. The summed E-state index contributed by atoms with van der Waals surface area (Å²) in [4.78, 5) is 29.2. The molecule has 1 aliphatic heterocycles. The van der Waals surface area contributed by atoms with Crippen molar-refractivity contribution in [3.8, 4) is 0 Å². The monoisotopic (exact) mass is 297 g/mol. The summed E-state index contributed by atoms with van der Waals surface area (Å²) in [5, 5.41) is 3.08. The van der Waals surface area contributed by atoms with E-state index in [2.05, 4.69) is 15.7 Å². The van der Waals surface area contributed by atoms with Crippen molar-refractivity contribution in [2.75, 3.05) is 19.0 Å². The van der Waals surface area contributed by atoms with Gasteiger partial charge in [-0.05, 0) is 18.6 Å². The minimum atomic E-state index is -0.375. The number of likely N-dealkylation sites (tertiary alicyclic amines) is 1. The molecule has 4 N–H and O–H groups in total. The summed E-state index contributed by atoms with van der Waals surface area (Å²) in [6, 6.07) is 3.03. The van der Waals surface area contributed by atoms with Gasteiger partial charge in [0.15, 0.2) is 0 Å². The summed E-state index contributed by atoms with van der Waals surface area (Å²) in [5.74, 6) is 5.32. The second-order valence-electron chi connectivity index (χ2n) is 4.65. The summed E-state index contributed by atoms with van der Waals surface area (Å²) in [6.45, 7) is 0.483. The summed E-state index contributed by atoms with van der Waals surface area (Å²) in [6.07, 6.45) is 1.04. The number of halogens is 1. The van der Waals surface area contributed by atoms with Crippen LogP contribution >= 0.6 is 11.6 Å². The number of rotatable bonds is 3. The SMILES string of the molecule is CN1CC(NC(=O)c2nc(NN)ccc2Cl)CCC1=O. The van der Waals surface area contributed by atoms with E-state index >= 15 is 0 Å². The van der Waals surface area contributed by atoms with Gasteiger partial charge in [0.05, 0.1) is 5.02 Å². The van der Waals surface area contributed by atoms with Gasteiger partial charge in [-0.25, -0.2) is 10.8 Å². The molecule has 1 fully saturated rings. The Balaban J connectivity index is 2.07. The van der Waals surface area contributed by atoms with Crippen LogP contribution < -0.4 is 16.6 Å². The number of aromatic nitrogens is 1. The lowest BCUT2D eigenvalue weighted by molar-refractivity contribution is -0.132. The van der Waals surface area contributed by atoms with Gasteiger partial charge in [0.2, 0.25) is 5.91 Å². The average Bonchev–Trinajstić information content (AvgIpc) is 2.43. The normalized spacial score (nSPS) is 18.9. The zero-order chi connectivity index (χ0) is 14.7. The summed E-state index contributed by atoms with van der Waals surface area (Å²) >= 11 is 5.96. The van der Waals surface area contributed by atoms with Crippen LogP contribution in [0.2, 0.25) is 5.02 Å². The van der Waals surface area contributed by atoms with Crippen LogP contribution in [0, 0.1) is 0 Å². The fourth-order valence-electron chi connectivity index (χ4n) is 2.07. The highest BCUT2D eigenvalue weighted by Crippen LogP contribution is 2.17. The topological polar surface area (TPSA) is 100 Å². The van der Waals surface area contributed by atoms with Crippen LogP contribution in [-0.2, 0) is 4.79 Å². The Hall–Kier alpha value is -1.86. The standard InChI is InChI=1S/C12H16ClN5O2/c1-18-6-7(2-5-10(18)19)15-12(20)11-8(13)3-4-9(16-11)17-14/h3-4,7H,2,5-6,14H2,1H3,(H,15,20)(H,16,17). The first-order valence-corrected chi connectivity index (χ1v) is 6.57. The molecule has 7 nitrogen and oxygen atoms in total. The first-order valence-electron chi connectivity index (χ1n) is 6.19. The third-order valence-corrected chi connectivity index (χ3v) is 3.48. The summed E-state index contributed by atoms with van der Waals surface area (Å²) in [5.41, 5.74) is 2.48. The Morgan fingerprint density at radius 2 is 2.30 bits per heavy atom. The van der Waals surface area contributed by atoms with Crippen molar-refractivity contribution in [3.05, 3.63) is 22.8 Å². The lowest BCUT2D eigenvalue weighted by Gasteiger charge is -2.30. The maximum atomic E-state index is 12.2. The molecule has 0 aromatic carbocycles. The Bertz CT molecular complexity index is 537. The molecule has 2 amide bonds. The molecule has 1 saturated heterocycles. The molecule has 0 spiro atoms. The second kappa shape index (κ2) is 6.06. The highest BCUT2D eigenvalue weighted by Gasteiger charge is 2.25. The number of nitrogens with one attached hydrogen (secondary N) is 2. The first kappa shape index (κ1) is 14.5. The lowest BCUT2D eigenvalue weighted by atomic mass is 10.1. The molecule has 0 bridgehead atoms. The summed E-state index contributed by atoms with van der Waals surface area (Å²) < 4.78 is 0. The molecule has 1 atom stereocenters. The number of likely N-dealkylation sites (N-methyl/N-ethyl adjacent to an activating group) is 1. The third-order valence-electron chi connectivity index (χ3n) is 3.17. The molecule has 108 valence electrons. The highest BCUT2D eigenvalue weighted by atomic mass is 35.5.